The van der Waals surface area contributed by atoms with E-state index in [2.05, 4.69) is 25.7 Å². The molecule has 0 spiro atoms. The molecule has 2 nitrogen and oxygen atoms in total. The van der Waals surface area contributed by atoms with Crippen molar-refractivity contribution in [2.45, 2.75) is 39.7 Å². The molecule has 2 heteroatoms. The summed E-state index contributed by atoms with van der Waals surface area (Å²) in [5, 5.41) is 8.65. The molecule has 0 aromatic heterocycles. The predicted molar refractivity (Wildman–Crippen MR) is 78.8 cm³/mol. The molecule has 0 aliphatic rings. The average Bonchev–Trinajstić information content (AvgIpc) is 2.41. The first-order chi connectivity index (χ1) is 9.26. The number of aliphatic hydroxyl groups is 1. The average molecular weight is 260 g/mol. The van der Waals surface area contributed by atoms with Crippen molar-refractivity contribution in [3.05, 3.63) is 35.4 Å². The molecule has 1 aromatic carbocycles. The summed E-state index contributed by atoms with van der Waals surface area (Å²) in [5.74, 6) is 6.56. The fourth-order valence-corrected chi connectivity index (χ4v) is 1.86. The lowest BCUT2D eigenvalue weighted by Gasteiger charge is -2.10. The Kier molecular flexibility index (Phi) is 7.97. The Morgan fingerprint density at radius 1 is 1.26 bits per heavy atom. The molecule has 0 fully saturated rings. The van der Waals surface area contributed by atoms with E-state index in [1.165, 1.54) is 18.4 Å². The number of ether oxygens (including phenoxy) is 1. The van der Waals surface area contributed by atoms with Crippen molar-refractivity contribution in [1.82, 2.24) is 0 Å². The Morgan fingerprint density at radius 3 is 2.63 bits per heavy atom. The van der Waals surface area contributed by atoms with Gasteiger partial charge < -0.3 is 9.84 Å². The molecule has 0 aliphatic heterocycles. The van der Waals surface area contributed by atoms with E-state index >= 15 is 0 Å². The minimum absolute atomic E-state index is 0.120. The third kappa shape index (κ3) is 7.00. The van der Waals surface area contributed by atoms with Crippen LogP contribution in [0.1, 0.15) is 44.2 Å². The molecule has 1 rings (SSSR count). The van der Waals surface area contributed by atoms with Gasteiger partial charge >= 0.3 is 0 Å². The lowest BCUT2D eigenvalue weighted by molar-refractivity contribution is 0.0893. The number of aliphatic hydroxyl groups excluding tert-OH is 1. The van der Waals surface area contributed by atoms with Crippen molar-refractivity contribution in [1.29, 1.82) is 0 Å². The van der Waals surface area contributed by atoms with Gasteiger partial charge in [0, 0.05) is 18.6 Å². The summed E-state index contributed by atoms with van der Waals surface area (Å²) in [4.78, 5) is 0. The Morgan fingerprint density at radius 2 is 2.00 bits per heavy atom. The van der Waals surface area contributed by atoms with E-state index in [4.69, 9.17) is 9.84 Å². The van der Waals surface area contributed by atoms with Gasteiger partial charge in [-0.25, -0.2) is 0 Å². The zero-order valence-electron chi connectivity index (χ0n) is 12.0. The summed E-state index contributed by atoms with van der Waals surface area (Å²) in [6.07, 6.45) is 2.96. The number of hydrogen-bond donors (Lipinski definition) is 1. The largest absolute Gasteiger partial charge is 0.395 e. The molecule has 0 heterocycles. The van der Waals surface area contributed by atoms with E-state index < -0.39 is 0 Å². The Bertz CT molecular complexity index is 398. The summed E-state index contributed by atoms with van der Waals surface area (Å²) < 4.78 is 5.70. The van der Waals surface area contributed by atoms with Crippen LogP contribution >= 0.6 is 0 Å². The van der Waals surface area contributed by atoms with Crippen LogP contribution in [0.3, 0.4) is 0 Å². The highest BCUT2D eigenvalue weighted by atomic mass is 16.5. The molecule has 0 radical (unpaired) electrons. The molecule has 1 unspecified atom stereocenters. The van der Waals surface area contributed by atoms with Gasteiger partial charge in [-0.2, -0.15) is 0 Å². The first kappa shape index (κ1) is 15.8. The molecule has 0 bridgehead atoms. The first-order valence-corrected chi connectivity index (χ1v) is 7.02. The van der Waals surface area contributed by atoms with Gasteiger partial charge in [-0.3, -0.25) is 0 Å². The summed E-state index contributed by atoms with van der Waals surface area (Å²) in [5.41, 5.74) is 2.16. The van der Waals surface area contributed by atoms with E-state index in [9.17, 15) is 0 Å². The maximum atomic E-state index is 8.65. The van der Waals surface area contributed by atoms with Gasteiger partial charge in [0.15, 0.2) is 0 Å². The van der Waals surface area contributed by atoms with Gasteiger partial charge in [0.25, 0.3) is 0 Å². The standard InChI is InChI=1S/C17H24O2/c1-3-6-15(2)13-19-14-17-10-8-16(9-11-17)7-4-5-12-18/h8-11,15,18H,3,5-6,12-14H2,1-2H3. The number of benzene rings is 1. The van der Waals surface area contributed by atoms with Gasteiger partial charge in [-0.15, -0.1) is 0 Å². The third-order valence-electron chi connectivity index (χ3n) is 2.88. The van der Waals surface area contributed by atoms with Crippen LogP contribution in [0.25, 0.3) is 0 Å². The topological polar surface area (TPSA) is 29.5 Å². The van der Waals surface area contributed by atoms with Crippen molar-refractivity contribution < 1.29 is 9.84 Å². The number of hydrogen-bond acceptors (Lipinski definition) is 2. The van der Waals surface area contributed by atoms with E-state index in [1.807, 2.05) is 24.3 Å². The molecule has 1 N–H and O–H groups in total. The SMILES string of the molecule is CCCC(C)COCc1ccc(C#CCCO)cc1. The van der Waals surface area contributed by atoms with Gasteiger partial charge in [0.05, 0.1) is 13.2 Å². The van der Waals surface area contributed by atoms with Gasteiger partial charge in [0.1, 0.15) is 0 Å². The molecule has 0 amide bonds. The summed E-state index contributed by atoms with van der Waals surface area (Å²) in [6.45, 7) is 6.04. The van der Waals surface area contributed by atoms with Gasteiger partial charge in [-0.1, -0.05) is 44.2 Å². The van der Waals surface area contributed by atoms with Crippen LogP contribution in [-0.4, -0.2) is 18.3 Å². The Labute approximate surface area is 116 Å². The second kappa shape index (κ2) is 9.61. The van der Waals surface area contributed by atoms with E-state index in [-0.39, 0.29) is 6.61 Å². The van der Waals surface area contributed by atoms with Crippen molar-refractivity contribution in [3.63, 3.8) is 0 Å². The minimum atomic E-state index is 0.120. The predicted octanol–water partition coefficient (Wildman–Crippen LogP) is 3.37. The van der Waals surface area contributed by atoms with Crippen LogP contribution in [0.4, 0.5) is 0 Å². The molecule has 1 aromatic rings. The molecular formula is C17H24O2. The van der Waals surface area contributed by atoms with Gasteiger partial charge in [-0.05, 0) is 30.0 Å². The second-order valence-corrected chi connectivity index (χ2v) is 4.88. The van der Waals surface area contributed by atoms with Crippen LogP contribution in [-0.2, 0) is 11.3 Å². The normalized spacial score (nSPS) is 11.7. The lowest BCUT2D eigenvalue weighted by Crippen LogP contribution is -2.05. The van der Waals surface area contributed by atoms with Crippen molar-refractivity contribution in [3.8, 4) is 11.8 Å². The van der Waals surface area contributed by atoms with Crippen LogP contribution in [0, 0.1) is 17.8 Å². The van der Waals surface area contributed by atoms with Crippen molar-refractivity contribution in [2.75, 3.05) is 13.2 Å². The quantitative estimate of drug-likeness (QED) is 0.762. The monoisotopic (exact) mass is 260 g/mol. The zero-order valence-corrected chi connectivity index (χ0v) is 12.0. The molecular weight excluding hydrogens is 236 g/mol. The van der Waals surface area contributed by atoms with Crippen LogP contribution < -0.4 is 0 Å². The fraction of sp³-hybridized carbons (Fsp3) is 0.529. The highest BCUT2D eigenvalue weighted by Gasteiger charge is 2.00. The van der Waals surface area contributed by atoms with Gasteiger partial charge in [0.2, 0.25) is 0 Å². The molecule has 19 heavy (non-hydrogen) atoms. The van der Waals surface area contributed by atoms with E-state index in [1.54, 1.807) is 0 Å². The van der Waals surface area contributed by atoms with Crippen molar-refractivity contribution in [2.24, 2.45) is 5.92 Å². The smallest absolute Gasteiger partial charge is 0.0717 e. The molecule has 0 saturated carbocycles. The summed E-state index contributed by atoms with van der Waals surface area (Å²) >= 11 is 0. The molecule has 0 aliphatic carbocycles. The maximum absolute atomic E-state index is 8.65. The zero-order chi connectivity index (χ0) is 13.9. The molecule has 1 atom stereocenters. The number of rotatable bonds is 7. The lowest BCUT2D eigenvalue weighted by atomic mass is 10.1. The third-order valence-corrected chi connectivity index (χ3v) is 2.88. The Hall–Kier alpha value is -1.30. The van der Waals surface area contributed by atoms with E-state index in [0.717, 1.165) is 12.2 Å². The van der Waals surface area contributed by atoms with E-state index in [0.29, 0.717) is 18.9 Å². The first-order valence-electron chi connectivity index (χ1n) is 7.02. The second-order valence-electron chi connectivity index (χ2n) is 4.88. The Balaban J connectivity index is 2.34. The molecule has 0 saturated heterocycles. The van der Waals surface area contributed by atoms with Crippen LogP contribution in [0.15, 0.2) is 24.3 Å². The highest BCUT2D eigenvalue weighted by molar-refractivity contribution is 5.35. The van der Waals surface area contributed by atoms with Crippen molar-refractivity contribution >= 4 is 0 Å². The highest BCUT2D eigenvalue weighted by Crippen LogP contribution is 2.09. The van der Waals surface area contributed by atoms with Crippen LogP contribution in [0.5, 0.6) is 0 Å². The molecule has 104 valence electrons. The fourth-order valence-electron chi connectivity index (χ4n) is 1.86. The van der Waals surface area contributed by atoms with Crippen LogP contribution in [0.2, 0.25) is 0 Å². The summed E-state index contributed by atoms with van der Waals surface area (Å²) in [6, 6.07) is 8.10. The summed E-state index contributed by atoms with van der Waals surface area (Å²) in [7, 11) is 0. The maximum Gasteiger partial charge on any atom is 0.0717 e. The minimum Gasteiger partial charge on any atom is -0.395 e.